The SMILES string of the molecule is C/C(=C\C=N\[N+](C)(C)C)P(=S)(N(C)C)N(C)C. The molecule has 0 aromatic rings. The lowest BCUT2D eigenvalue weighted by Crippen LogP contribution is -2.27. The van der Waals surface area contributed by atoms with Crippen LogP contribution in [0.2, 0.25) is 0 Å². The maximum Gasteiger partial charge on any atom is 0.101 e. The summed E-state index contributed by atoms with van der Waals surface area (Å²) in [6, 6.07) is 0. The van der Waals surface area contributed by atoms with E-state index in [0.717, 1.165) is 0 Å². The van der Waals surface area contributed by atoms with Crippen LogP contribution in [0.1, 0.15) is 6.92 Å². The Morgan fingerprint density at radius 2 is 1.53 bits per heavy atom. The summed E-state index contributed by atoms with van der Waals surface area (Å²) in [4.78, 5) is 0. The fourth-order valence-electron chi connectivity index (χ4n) is 1.43. The van der Waals surface area contributed by atoms with Gasteiger partial charge in [-0.15, -0.1) is 0 Å². The molecule has 0 radical (unpaired) electrons. The van der Waals surface area contributed by atoms with Gasteiger partial charge in [0.05, 0.1) is 27.4 Å². The first kappa shape index (κ1) is 16.9. The molecule has 100 valence electrons. The molecular weight excluding hydrogens is 251 g/mol. The topological polar surface area (TPSA) is 18.8 Å². The summed E-state index contributed by atoms with van der Waals surface area (Å²) < 4.78 is 4.83. The normalized spacial score (nSPS) is 15.3. The Labute approximate surface area is 111 Å². The van der Waals surface area contributed by atoms with Gasteiger partial charge in [-0.3, -0.25) is 9.34 Å². The van der Waals surface area contributed by atoms with E-state index in [1.165, 1.54) is 5.31 Å². The molecule has 0 fully saturated rings. The van der Waals surface area contributed by atoms with Crippen molar-refractivity contribution < 1.29 is 4.59 Å². The first-order valence-corrected chi connectivity index (χ1v) is 8.22. The van der Waals surface area contributed by atoms with E-state index in [4.69, 9.17) is 11.8 Å². The van der Waals surface area contributed by atoms with E-state index in [9.17, 15) is 0 Å². The van der Waals surface area contributed by atoms with Crippen LogP contribution in [0.25, 0.3) is 0 Å². The summed E-state index contributed by atoms with van der Waals surface area (Å²) in [5.74, 6) is 0. The highest BCUT2D eigenvalue weighted by Gasteiger charge is 2.24. The van der Waals surface area contributed by atoms with Crippen LogP contribution < -0.4 is 0 Å². The molecule has 4 nitrogen and oxygen atoms in total. The average molecular weight is 277 g/mol. The zero-order chi connectivity index (χ0) is 13.9. The lowest BCUT2D eigenvalue weighted by molar-refractivity contribution is -0.876. The van der Waals surface area contributed by atoms with Gasteiger partial charge in [0.15, 0.2) is 0 Å². The third-order valence-corrected chi connectivity index (χ3v) is 8.33. The smallest absolute Gasteiger partial charge is 0.101 e. The first-order valence-electron chi connectivity index (χ1n) is 5.52. The molecule has 0 aliphatic rings. The number of rotatable bonds is 5. The molecule has 0 rings (SSSR count). The molecule has 0 N–H and O–H groups in total. The van der Waals surface area contributed by atoms with Crippen molar-refractivity contribution >= 4 is 24.4 Å². The third-order valence-electron chi connectivity index (χ3n) is 2.27. The number of hydrogen-bond donors (Lipinski definition) is 0. The van der Waals surface area contributed by atoms with Gasteiger partial charge in [-0.05, 0) is 46.5 Å². The molecule has 0 atom stereocenters. The van der Waals surface area contributed by atoms with Crippen molar-refractivity contribution in [1.82, 2.24) is 9.34 Å². The largest absolute Gasteiger partial charge is 0.267 e. The van der Waals surface area contributed by atoms with E-state index in [1.54, 1.807) is 0 Å². The van der Waals surface area contributed by atoms with Gasteiger partial charge in [0.2, 0.25) is 0 Å². The van der Waals surface area contributed by atoms with Crippen molar-refractivity contribution in [3.63, 3.8) is 0 Å². The second kappa shape index (κ2) is 6.21. The molecule has 0 saturated carbocycles. The van der Waals surface area contributed by atoms with E-state index in [1.807, 2.05) is 61.6 Å². The van der Waals surface area contributed by atoms with Gasteiger partial charge in [0.1, 0.15) is 6.34 Å². The number of allylic oxidation sites excluding steroid dienone is 2. The van der Waals surface area contributed by atoms with E-state index in [2.05, 4.69) is 21.4 Å². The minimum absolute atomic E-state index is 0.566. The van der Waals surface area contributed by atoms with Crippen LogP contribution in [0.4, 0.5) is 0 Å². The summed E-state index contributed by atoms with van der Waals surface area (Å²) in [5, 5.41) is 5.59. The van der Waals surface area contributed by atoms with E-state index < -0.39 is 6.34 Å². The molecule has 0 unspecified atom stereocenters. The standard InChI is InChI=1S/C11H26N4PS/c1-11(9-10-12-15(6,7)8)16(17,13(2)3)14(4)5/h9-10H,1-8H3/q+1/b11-9+,12-10+. The van der Waals surface area contributed by atoms with Gasteiger partial charge in [-0.1, -0.05) is 16.9 Å². The third kappa shape index (κ3) is 4.98. The predicted octanol–water partition coefficient (Wildman–Crippen LogP) is 2.01. The summed E-state index contributed by atoms with van der Waals surface area (Å²) >= 11 is 5.81. The fraction of sp³-hybridized carbons (Fsp3) is 0.727. The molecule has 0 bridgehead atoms. The molecule has 0 amide bonds. The molecule has 0 aliphatic heterocycles. The quantitative estimate of drug-likeness (QED) is 0.331. The van der Waals surface area contributed by atoms with Gasteiger partial charge < -0.3 is 0 Å². The van der Waals surface area contributed by atoms with Crippen LogP contribution in [0.5, 0.6) is 0 Å². The van der Waals surface area contributed by atoms with Crippen LogP contribution in [-0.2, 0) is 11.8 Å². The lowest BCUT2D eigenvalue weighted by atomic mass is 10.5. The van der Waals surface area contributed by atoms with Gasteiger partial charge in [0.25, 0.3) is 0 Å². The van der Waals surface area contributed by atoms with Gasteiger partial charge in [-0.2, -0.15) is 0 Å². The Balaban J connectivity index is 5.14. The maximum atomic E-state index is 5.81. The second-order valence-corrected chi connectivity index (χ2v) is 10.2. The Morgan fingerprint density at radius 3 is 1.82 bits per heavy atom. The van der Waals surface area contributed by atoms with Crippen molar-refractivity contribution in [2.75, 3.05) is 49.3 Å². The molecule has 17 heavy (non-hydrogen) atoms. The number of hydrogen-bond acceptors (Lipinski definition) is 2. The highest BCUT2D eigenvalue weighted by atomic mass is 32.4. The van der Waals surface area contributed by atoms with Gasteiger partial charge in [0, 0.05) is 0 Å². The minimum Gasteiger partial charge on any atom is -0.267 e. The molecule has 0 spiro atoms. The Hall–Kier alpha value is -0.0600. The van der Waals surface area contributed by atoms with Crippen LogP contribution in [0.3, 0.4) is 0 Å². The van der Waals surface area contributed by atoms with E-state index in [0.29, 0.717) is 4.59 Å². The zero-order valence-corrected chi connectivity index (χ0v) is 14.0. The first-order chi connectivity index (χ1) is 7.51. The van der Waals surface area contributed by atoms with Crippen LogP contribution in [0.15, 0.2) is 16.5 Å². The molecule has 0 aromatic carbocycles. The predicted molar refractivity (Wildman–Crippen MR) is 81.9 cm³/mol. The van der Waals surface area contributed by atoms with Crippen LogP contribution >= 0.6 is 6.34 Å². The number of nitrogens with zero attached hydrogens (tertiary/aromatic N) is 4. The molecule has 0 aliphatic carbocycles. The average Bonchev–Trinajstić information content (AvgIpc) is 2.13. The molecule has 6 heteroatoms. The van der Waals surface area contributed by atoms with Crippen molar-refractivity contribution in [3.8, 4) is 0 Å². The Kier molecular flexibility index (Phi) is 6.19. The van der Waals surface area contributed by atoms with Crippen molar-refractivity contribution in [2.24, 2.45) is 5.10 Å². The van der Waals surface area contributed by atoms with Crippen LogP contribution in [0, 0.1) is 0 Å². The molecular formula is C11H26N4PS+. The summed E-state index contributed by atoms with van der Waals surface area (Å²) in [5.41, 5.74) is 0. The lowest BCUT2D eigenvalue weighted by Gasteiger charge is -2.35. The summed E-state index contributed by atoms with van der Waals surface area (Å²) in [6.07, 6.45) is 2.11. The molecule has 0 heterocycles. The molecule has 0 aromatic heterocycles. The van der Waals surface area contributed by atoms with Crippen molar-refractivity contribution in [3.05, 3.63) is 11.4 Å². The van der Waals surface area contributed by atoms with Gasteiger partial charge >= 0.3 is 0 Å². The summed E-state index contributed by atoms with van der Waals surface area (Å²) in [6.45, 7) is 2.09. The Morgan fingerprint density at radius 1 is 1.12 bits per heavy atom. The van der Waals surface area contributed by atoms with Crippen LogP contribution in [-0.4, -0.2) is 69.5 Å². The van der Waals surface area contributed by atoms with E-state index >= 15 is 0 Å². The van der Waals surface area contributed by atoms with Crippen molar-refractivity contribution in [1.29, 1.82) is 0 Å². The summed E-state index contributed by atoms with van der Waals surface area (Å²) in [7, 11) is 14.2. The second-order valence-electron chi connectivity index (χ2n) is 5.25. The monoisotopic (exact) mass is 277 g/mol. The Bertz CT molecular complexity index is 341. The van der Waals surface area contributed by atoms with Crippen molar-refractivity contribution in [2.45, 2.75) is 6.92 Å². The maximum absolute atomic E-state index is 5.81. The fourth-order valence-corrected chi connectivity index (χ4v) is 3.85. The van der Waals surface area contributed by atoms with E-state index in [-0.39, 0.29) is 0 Å². The number of quaternary nitrogens is 1. The highest BCUT2D eigenvalue weighted by Crippen LogP contribution is 2.56. The molecule has 0 saturated heterocycles. The highest BCUT2D eigenvalue weighted by molar-refractivity contribution is 8.14. The van der Waals surface area contributed by atoms with Gasteiger partial charge in [-0.25, -0.2) is 4.59 Å². The zero-order valence-electron chi connectivity index (χ0n) is 12.3. The minimum atomic E-state index is -1.77.